The van der Waals surface area contributed by atoms with Gasteiger partial charge >= 0.3 is 6.09 Å². The standard InChI is InChI=1S/C24H35NO6S/c1-17-13-14-24(20(30-23(4,5)31-24)15-29-21(26)25(6)7)22(2,3)19(17)16-32(27,28)18-11-9-8-10-12-18/h8-12,20H,13-16H2,1-7H3/t20-,24+/m0/s1. The molecule has 0 unspecified atom stereocenters. The Bertz CT molecular complexity index is 997. The summed E-state index contributed by atoms with van der Waals surface area (Å²) in [6.07, 6.45) is 0.342. The molecule has 1 fully saturated rings. The molecule has 3 rings (SSSR count). The summed E-state index contributed by atoms with van der Waals surface area (Å²) >= 11 is 0. The summed E-state index contributed by atoms with van der Waals surface area (Å²) in [5, 5.41) is 0. The van der Waals surface area contributed by atoms with Gasteiger partial charge in [0.1, 0.15) is 18.3 Å². The minimum Gasteiger partial charge on any atom is -0.447 e. The Balaban J connectivity index is 1.98. The molecule has 1 amide bonds. The first-order chi connectivity index (χ1) is 14.7. The molecule has 2 aliphatic rings. The molecule has 1 aromatic carbocycles. The van der Waals surface area contributed by atoms with Gasteiger partial charge in [-0.25, -0.2) is 13.2 Å². The fourth-order valence-corrected chi connectivity index (χ4v) is 6.71. The molecule has 32 heavy (non-hydrogen) atoms. The van der Waals surface area contributed by atoms with Crippen LogP contribution in [0.1, 0.15) is 47.5 Å². The number of hydrogen-bond donors (Lipinski definition) is 0. The second-order valence-electron chi connectivity index (χ2n) is 9.93. The van der Waals surface area contributed by atoms with Crippen LogP contribution in [0.15, 0.2) is 46.4 Å². The normalized spacial score (nSPS) is 26.9. The van der Waals surface area contributed by atoms with Crippen molar-refractivity contribution in [3.05, 3.63) is 41.5 Å². The number of ether oxygens (including phenoxy) is 3. The van der Waals surface area contributed by atoms with Crippen molar-refractivity contribution in [3.63, 3.8) is 0 Å². The quantitative estimate of drug-likeness (QED) is 0.607. The maximum absolute atomic E-state index is 13.3. The van der Waals surface area contributed by atoms with Crippen molar-refractivity contribution >= 4 is 15.9 Å². The number of benzene rings is 1. The molecule has 1 aliphatic heterocycles. The molecule has 0 bridgehead atoms. The van der Waals surface area contributed by atoms with E-state index >= 15 is 0 Å². The van der Waals surface area contributed by atoms with Crippen LogP contribution in [0, 0.1) is 5.41 Å². The minimum absolute atomic E-state index is 0.0294. The molecule has 1 saturated heterocycles. The SMILES string of the molecule is CC1=C(CS(=O)(=O)c2ccccc2)C(C)(C)[C@]2(CC1)OC(C)(C)O[C@H]2COC(=O)N(C)C. The van der Waals surface area contributed by atoms with Crippen molar-refractivity contribution in [3.8, 4) is 0 Å². The monoisotopic (exact) mass is 465 g/mol. The summed E-state index contributed by atoms with van der Waals surface area (Å²) in [6.45, 7) is 9.72. The summed E-state index contributed by atoms with van der Waals surface area (Å²) in [5.41, 5.74) is 0.389. The largest absolute Gasteiger partial charge is 0.447 e. The van der Waals surface area contributed by atoms with Crippen LogP contribution in [0.3, 0.4) is 0 Å². The van der Waals surface area contributed by atoms with E-state index in [2.05, 4.69) is 0 Å². The first-order valence-corrected chi connectivity index (χ1v) is 12.6. The lowest BCUT2D eigenvalue weighted by Crippen LogP contribution is -2.57. The Morgan fingerprint density at radius 3 is 2.38 bits per heavy atom. The third kappa shape index (κ3) is 4.45. The van der Waals surface area contributed by atoms with Crippen LogP contribution in [0.2, 0.25) is 0 Å². The van der Waals surface area contributed by atoms with Crippen LogP contribution in [0.5, 0.6) is 0 Å². The van der Waals surface area contributed by atoms with Gasteiger partial charge in [0.15, 0.2) is 15.6 Å². The first kappa shape index (κ1) is 24.7. The van der Waals surface area contributed by atoms with E-state index in [0.29, 0.717) is 17.7 Å². The second kappa shape index (κ2) is 8.47. The third-order valence-corrected chi connectivity index (χ3v) is 8.39. The Morgan fingerprint density at radius 1 is 1.16 bits per heavy atom. The summed E-state index contributed by atoms with van der Waals surface area (Å²) in [6, 6.07) is 8.51. The average molecular weight is 466 g/mol. The highest BCUT2D eigenvalue weighted by Gasteiger charge is 2.63. The van der Waals surface area contributed by atoms with Gasteiger partial charge in [0, 0.05) is 19.5 Å². The average Bonchev–Trinajstić information content (AvgIpc) is 2.99. The van der Waals surface area contributed by atoms with Crippen molar-refractivity contribution < 1.29 is 27.4 Å². The number of carbonyl (C=O) groups excluding carboxylic acids is 1. The van der Waals surface area contributed by atoms with E-state index in [1.165, 1.54) is 4.90 Å². The number of allylic oxidation sites excluding steroid dienone is 1. The van der Waals surface area contributed by atoms with Gasteiger partial charge in [-0.1, -0.05) is 37.6 Å². The molecule has 0 saturated carbocycles. The maximum Gasteiger partial charge on any atom is 0.409 e. The van der Waals surface area contributed by atoms with E-state index in [-0.39, 0.29) is 12.4 Å². The summed E-state index contributed by atoms with van der Waals surface area (Å²) < 4.78 is 44.7. The highest BCUT2D eigenvalue weighted by molar-refractivity contribution is 7.91. The Labute approximate surface area is 191 Å². The lowest BCUT2D eigenvalue weighted by atomic mass is 9.60. The molecule has 2 atom stereocenters. The molecule has 0 radical (unpaired) electrons. The van der Waals surface area contributed by atoms with Crippen molar-refractivity contribution in [2.45, 2.75) is 69.8 Å². The van der Waals surface area contributed by atoms with E-state index in [4.69, 9.17) is 14.2 Å². The summed E-state index contributed by atoms with van der Waals surface area (Å²) in [4.78, 5) is 13.7. The Hall–Kier alpha value is -1.90. The van der Waals surface area contributed by atoms with Gasteiger partial charge < -0.3 is 19.1 Å². The third-order valence-electron chi connectivity index (χ3n) is 6.73. The van der Waals surface area contributed by atoms with Gasteiger partial charge in [-0.05, 0) is 51.3 Å². The van der Waals surface area contributed by atoms with E-state index < -0.39 is 38.8 Å². The molecular weight excluding hydrogens is 430 g/mol. The molecular formula is C24H35NO6S. The molecule has 1 heterocycles. The molecule has 7 nitrogen and oxygen atoms in total. The van der Waals surface area contributed by atoms with E-state index in [9.17, 15) is 13.2 Å². The van der Waals surface area contributed by atoms with Gasteiger partial charge in [-0.3, -0.25) is 0 Å². The van der Waals surface area contributed by atoms with Crippen LogP contribution in [0.25, 0.3) is 0 Å². The zero-order valence-electron chi connectivity index (χ0n) is 20.1. The Kier molecular flexibility index (Phi) is 6.54. The molecule has 8 heteroatoms. The fourth-order valence-electron chi connectivity index (χ4n) is 4.98. The topological polar surface area (TPSA) is 82.1 Å². The second-order valence-corrected chi connectivity index (χ2v) is 11.9. The number of sulfone groups is 1. The summed E-state index contributed by atoms with van der Waals surface area (Å²) in [7, 11) is -0.295. The summed E-state index contributed by atoms with van der Waals surface area (Å²) in [5.74, 6) is -0.979. The lowest BCUT2D eigenvalue weighted by molar-refractivity contribution is -0.185. The van der Waals surface area contributed by atoms with Gasteiger partial charge in [0.05, 0.1) is 10.6 Å². The van der Waals surface area contributed by atoms with E-state index in [1.807, 2.05) is 34.6 Å². The predicted octanol–water partition coefficient (Wildman–Crippen LogP) is 4.19. The lowest BCUT2D eigenvalue weighted by Gasteiger charge is -2.51. The van der Waals surface area contributed by atoms with Crippen molar-refractivity contribution in [1.82, 2.24) is 4.90 Å². The Morgan fingerprint density at radius 2 is 1.78 bits per heavy atom. The van der Waals surface area contributed by atoms with Crippen molar-refractivity contribution in [1.29, 1.82) is 0 Å². The van der Waals surface area contributed by atoms with Crippen LogP contribution in [-0.4, -0.2) is 63.4 Å². The molecule has 0 aromatic heterocycles. The molecule has 178 valence electrons. The fraction of sp³-hybridized carbons (Fsp3) is 0.625. The zero-order chi connectivity index (χ0) is 23.9. The minimum atomic E-state index is -3.54. The zero-order valence-corrected chi connectivity index (χ0v) is 20.9. The van der Waals surface area contributed by atoms with Crippen molar-refractivity contribution in [2.75, 3.05) is 26.5 Å². The highest BCUT2D eigenvalue weighted by Crippen LogP contribution is 2.57. The van der Waals surface area contributed by atoms with Gasteiger partial charge in [-0.15, -0.1) is 0 Å². The first-order valence-electron chi connectivity index (χ1n) is 10.9. The molecule has 1 aliphatic carbocycles. The number of nitrogens with zero attached hydrogens (tertiary/aromatic N) is 1. The van der Waals surface area contributed by atoms with Crippen LogP contribution in [-0.2, 0) is 24.0 Å². The smallest absolute Gasteiger partial charge is 0.409 e. The van der Waals surface area contributed by atoms with Crippen LogP contribution in [0.4, 0.5) is 4.79 Å². The van der Waals surface area contributed by atoms with E-state index in [0.717, 1.165) is 11.1 Å². The highest BCUT2D eigenvalue weighted by atomic mass is 32.2. The van der Waals surface area contributed by atoms with Crippen LogP contribution < -0.4 is 0 Å². The number of amides is 1. The van der Waals surface area contributed by atoms with E-state index in [1.54, 1.807) is 44.4 Å². The van der Waals surface area contributed by atoms with Crippen molar-refractivity contribution in [2.24, 2.45) is 5.41 Å². The predicted molar refractivity (Wildman–Crippen MR) is 122 cm³/mol. The van der Waals surface area contributed by atoms with Crippen LogP contribution >= 0.6 is 0 Å². The number of rotatable bonds is 5. The molecule has 0 N–H and O–H groups in total. The van der Waals surface area contributed by atoms with Gasteiger partial charge in [0.25, 0.3) is 0 Å². The van der Waals surface area contributed by atoms with Gasteiger partial charge in [0.2, 0.25) is 0 Å². The number of carbonyl (C=O) groups is 1. The van der Waals surface area contributed by atoms with Gasteiger partial charge in [-0.2, -0.15) is 0 Å². The maximum atomic E-state index is 13.3. The molecule has 1 spiro atoms. The molecule has 1 aromatic rings. The number of hydrogen-bond acceptors (Lipinski definition) is 6.